The fraction of sp³-hybridized carbons (Fsp3) is 0.500. The molecule has 0 atom stereocenters. The van der Waals surface area contributed by atoms with Gasteiger partial charge in [-0.05, 0) is 62.5 Å². The fourth-order valence-corrected chi connectivity index (χ4v) is 2.23. The molecule has 106 valence electrons. The van der Waals surface area contributed by atoms with Gasteiger partial charge in [0.15, 0.2) is 0 Å². The first-order valence-corrected chi connectivity index (χ1v) is 6.49. The zero-order chi connectivity index (χ0) is 12.8. The highest BCUT2D eigenvalue weighted by Crippen LogP contribution is 2.17. The lowest BCUT2D eigenvalue weighted by Crippen LogP contribution is -2.28. The van der Waals surface area contributed by atoms with Crippen molar-refractivity contribution in [1.29, 1.82) is 0 Å². The SMILES string of the molecule is Cl.NC(=O)c1ccc(OCCC2CCNCC2)cc1. The normalized spacial score (nSPS) is 15.6. The molecule has 1 fully saturated rings. The number of carbonyl (C=O) groups excluding carboxylic acids is 1. The summed E-state index contributed by atoms with van der Waals surface area (Å²) in [5.41, 5.74) is 5.69. The Labute approximate surface area is 120 Å². The molecule has 1 heterocycles. The number of hydrogen-bond acceptors (Lipinski definition) is 3. The van der Waals surface area contributed by atoms with Crippen LogP contribution in [0.15, 0.2) is 24.3 Å². The zero-order valence-corrected chi connectivity index (χ0v) is 11.7. The summed E-state index contributed by atoms with van der Waals surface area (Å²) in [6.07, 6.45) is 3.58. The monoisotopic (exact) mass is 284 g/mol. The third kappa shape index (κ3) is 5.09. The molecule has 1 amide bonds. The second-order valence-electron chi connectivity index (χ2n) is 4.72. The third-order valence-corrected chi connectivity index (χ3v) is 3.39. The molecule has 0 bridgehead atoms. The number of carbonyl (C=O) groups is 1. The number of ether oxygens (including phenoxy) is 1. The van der Waals surface area contributed by atoms with Gasteiger partial charge >= 0.3 is 0 Å². The molecular formula is C14H21ClN2O2. The Morgan fingerprint density at radius 3 is 2.47 bits per heavy atom. The Morgan fingerprint density at radius 1 is 1.26 bits per heavy atom. The lowest BCUT2D eigenvalue weighted by Gasteiger charge is -2.22. The van der Waals surface area contributed by atoms with E-state index < -0.39 is 5.91 Å². The van der Waals surface area contributed by atoms with E-state index in [0.717, 1.165) is 37.8 Å². The van der Waals surface area contributed by atoms with E-state index in [1.807, 2.05) is 0 Å². The highest BCUT2D eigenvalue weighted by atomic mass is 35.5. The van der Waals surface area contributed by atoms with Crippen molar-refractivity contribution in [2.24, 2.45) is 11.7 Å². The second kappa shape index (κ2) is 8.02. The van der Waals surface area contributed by atoms with Gasteiger partial charge in [0.25, 0.3) is 0 Å². The largest absolute Gasteiger partial charge is 0.494 e. The fourth-order valence-electron chi connectivity index (χ4n) is 2.23. The molecule has 1 saturated heterocycles. The standard InChI is InChI=1S/C14H20N2O2.ClH/c15-14(17)12-1-3-13(4-2-12)18-10-7-11-5-8-16-9-6-11;/h1-4,11,16H,5-10H2,(H2,15,17);1H. The van der Waals surface area contributed by atoms with Crippen molar-refractivity contribution < 1.29 is 9.53 Å². The number of halogens is 1. The van der Waals surface area contributed by atoms with Crippen molar-refractivity contribution in [2.75, 3.05) is 19.7 Å². The molecule has 0 unspecified atom stereocenters. The maximum absolute atomic E-state index is 10.9. The van der Waals surface area contributed by atoms with Crippen molar-refractivity contribution >= 4 is 18.3 Å². The van der Waals surface area contributed by atoms with Crippen LogP contribution in [0.2, 0.25) is 0 Å². The molecule has 5 heteroatoms. The van der Waals surface area contributed by atoms with E-state index in [0.29, 0.717) is 5.56 Å². The van der Waals surface area contributed by atoms with E-state index in [4.69, 9.17) is 10.5 Å². The summed E-state index contributed by atoms with van der Waals surface area (Å²) in [4.78, 5) is 10.9. The molecule has 0 saturated carbocycles. The van der Waals surface area contributed by atoms with E-state index >= 15 is 0 Å². The highest BCUT2D eigenvalue weighted by Gasteiger charge is 2.12. The van der Waals surface area contributed by atoms with Crippen LogP contribution in [-0.4, -0.2) is 25.6 Å². The van der Waals surface area contributed by atoms with Crippen molar-refractivity contribution in [3.63, 3.8) is 0 Å². The van der Waals surface area contributed by atoms with Crippen molar-refractivity contribution in [3.05, 3.63) is 29.8 Å². The average Bonchev–Trinajstić information content (AvgIpc) is 2.40. The molecule has 0 spiro atoms. The van der Waals surface area contributed by atoms with Crippen LogP contribution in [0.1, 0.15) is 29.6 Å². The quantitative estimate of drug-likeness (QED) is 0.869. The molecule has 0 aromatic heterocycles. The van der Waals surface area contributed by atoms with Crippen LogP contribution in [0.3, 0.4) is 0 Å². The van der Waals surface area contributed by atoms with E-state index in [1.54, 1.807) is 24.3 Å². The summed E-state index contributed by atoms with van der Waals surface area (Å²) in [7, 11) is 0. The molecular weight excluding hydrogens is 264 g/mol. The van der Waals surface area contributed by atoms with Gasteiger partial charge in [-0.25, -0.2) is 0 Å². The van der Waals surface area contributed by atoms with Gasteiger partial charge in [-0.15, -0.1) is 12.4 Å². The minimum absolute atomic E-state index is 0. The predicted molar refractivity (Wildman–Crippen MR) is 77.9 cm³/mol. The number of amides is 1. The summed E-state index contributed by atoms with van der Waals surface area (Å²) in [6.45, 7) is 2.98. The predicted octanol–water partition coefficient (Wildman–Crippen LogP) is 1.98. The minimum Gasteiger partial charge on any atom is -0.494 e. The first-order valence-electron chi connectivity index (χ1n) is 6.49. The van der Waals surface area contributed by atoms with E-state index in [1.165, 1.54) is 12.8 Å². The van der Waals surface area contributed by atoms with Crippen molar-refractivity contribution in [2.45, 2.75) is 19.3 Å². The number of nitrogens with two attached hydrogens (primary N) is 1. The first kappa shape index (κ1) is 15.8. The van der Waals surface area contributed by atoms with E-state index in [2.05, 4.69) is 5.32 Å². The van der Waals surface area contributed by atoms with Gasteiger partial charge in [-0.3, -0.25) is 4.79 Å². The molecule has 4 nitrogen and oxygen atoms in total. The number of benzene rings is 1. The Balaban J connectivity index is 0.00000180. The topological polar surface area (TPSA) is 64.4 Å². The summed E-state index contributed by atoms with van der Waals surface area (Å²) >= 11 is 0. The number of nitrogens with one attached hydrogen (secondary N) is 1. The minimum atomic E-state index is -0.406. The number of hydrogen-bond donors (Lipinski definition) is 2. The molecule has 0 aliphatic carbocycles. The average molecular weight is 285 g/mol. The van der Waals surface area contributed by atoms with Crippen LogP contribution in [0.25, 0.3) is 0 Å². The first-order chi connectivity index (χ1) is 8.75. The number of rotatable bonds is 5. The molecule has 1 aromatic carbocycles. The van der Waals surface area contributed by atoms with Crippen LogP contribution < -0.4 is 15.8 Å². The number of primary amides is 1. The van der Waals surface area contributed by atoms with Gasteiger partial charge in [0.1, 0.15) is 5.75 Å². The maximum Gasteiger partial charge on any atom is 0.248 e. The maximum atomic E-state index is 10.9. The lowest BCUT2D eigenvalue weighted by molar-refractivity contribution is 0.100. The smallest absolute Gasteiger partial charge is 0.248 e. The van der Waals surface area contributed by atoms with Gasteiger partial charge in [-0.1, -0.05) is 0 Å². The molecule has 1 aliphatic rings. The Hall–Kier alpha value is -1.26. The zero-order valence-electron chi connectivity index (χ0n) is 10.9. The Morgan fingerprint density at radius 2 is 1.89 bits per heavy atom. The van der Waals surface area contributed by atoms with E-state index in [-0.39, 0.29) is 12.4 Å². The third-order valence-electron chi connectivity index (χ3n) is 3.39. The van der Waals surface area contributed by atoms with Crippen LogP contribution in [-0.2, 0) is 0 Å². The molecule has 19 heavy (non-hydrogen) atoms. The summed E-state index contributed by atoms with van der Waals surface area (Å²) < 4.78 is 5.67. The van der Waals surface area contributed by atoms with Gasteiger partial charge < -0.3 is 15.8 Å². The lowest BCUT2D eigenvalue weighted by atomic mass is 9.95. The molecule has 0 radical (unpaired) electrons. The van der Waals surface area contributed by atoms with Gasteiger partial charge in [0.2, 0.25) is 5.91 Å². The Kier molecular flexibility index (Phi) is 6.67. The molecule has 1 aromatic rings. The Bertz CT molecular complexity index is 389. The number of piperidine rings is 1. The van der Waals surface area contributed by atoms with Crippen molar-refractivity contribution in [3.8, 4) is 5.75 Å². The summed E-state index contributed by atoms with van der Waals surface area (Å²) in [6, 6.07) is 6.98. The van der Waals surface area contributed by atoms with Crippen LogP contribution in [0.5, 0.6) is 5.75 Å². The second-order valence-corrected chi connectivity index (χ2v) is 4.72. The van der Waals surface area contributed by atoms with Crippen molar-refractivity contribution in [1.82, 2.24) is 5.32 Å². The molecule has 3 N–H and O–H groups in total. The molecule has 1 aliphatic heterocycles. The van der Waals surface area contributed by atoms with Gasteiger partial charge in [-0.2, -0.15) is 0 Å². The van der Waals surface area contributed by atoms with Crippen LogP contribution in [0.4, 0.5) is 0 Å². The van der Waals surface area contributed by atoms with Gasteiger partial charge in [0.05, 0.1) is 6.61 Å². The summed E-state index contributed by atoms with van der Waals surface area (Å²) in [5, 5.41) is 3.36. The summed E-state index contributed by atoms with van der Waals surface area (Å²) in [5.74, 6) is 1.17. The van der Waals surface area contributed by atoms with Gasteiger partial charge in [0, 0.05) is 5.56 Å². The highest BCUT2D eigenvalue weighted by molar-refractivity contribution is 5.92. The van der Waals surface area contributed by atoms with Crippen LogP contribution in [0, 0.1) is 5.92 Å². The molecule has 2 rings (SSSR count). The van der Waals surface area contributed by atoms with Crippen LogP contribution >= 0.6 is 12.4 Å². The van der Waals surface area contributed by atoms with E-state index in [9.17, 15) is 4.79 Å².